The van der Waals surface area contributed by atoms with Crippen molar-refractivity contribution in [2.45, 2.75) is 0 Å². The zero-order chi connectivity index (χ0) is 14.2. The highest BCUT2D eigenvalue weighted by Crippen LogP contribution is 2.12. The van der Waals surface area contributed by atoms with Crippen LogP contribution < -0.4 is 10.6 Å². The lowest BCUT2D eigenvalue weighted by Gasteiger charge is -2.07. The smallest absolute Gasteiger partial charge is 0.238 e. The molecule has 0 aliphatic carbocycles. The van der Waals surface area contributed by atoms with Gasteiger partial charge in [0.1, 0.15) is 0 Å². The number of aromatic nitrogens is 2. The Morgan fingerprint density at radius 3 is 2.80 bits per heavy atom. The molecule has 0 saturated carbocycles. The number of ether oxygens (including phenoxy) is 1. The van der Waals surface area contributed by atoms with Crippen LogP contribution in [0.1, 0.15) is 0 Å². The highest BCUT2D eigenvalue weighted by Gasteiger charge is 2.02. The van der Waals surface area contributed by atoms with Gasteiger partial charge >= 0.3 is 0 Å². The van der Waals surface area contributed by atoms with E-state index in [9.17, 15) is 4.79 Å². The monoisotopic (exact) mass is 274 g/mol. The number of carbonyl (C=O) groups excluding carboxylic acids is 1. The molecule has 2 aromatic rings. The third-order valence-electron chi connectivity index (χ3n) is 2.69. The fraction of sp³-hybridized carbons (Fsp3) is 0.286. The van der Waals surface area contributed by atoms with Gasteiger partial charge in [0.2, 0.25) is 5.91 Å². The van der Waals surface area contributed by atoms with Crippen LogP contribution in [0, 0.1) is 0 Å². The lowest BCUT2D eigenvalue weighted by Crippen LogP contribution is -2.30. The second kappa shape index (κ2) is 7.42. The predicted molar refractivity (Wildman–Crippen MR) is 76.9 cm³/mol. The molecule has 0 fully saturated rings. The summed E-state index contributed by atoms with van der Waals surface area (Å²) in [5.41, 5.74) is 1.71. The maximum Gasteiger partial charge on any atom is 0.238 e. The first-order chi connectivity index (χ1) is 9.79. The third-order valence-corrected chi connectivity index (χ3v) is 2.69. The largest absolute Gasteiger partial charge is 0.383 e. The molecule has 0 aliphatic rings. The van der Waals surface area contributed by atoms with Crippen molar-refractivity contribution in [2.75, 3.05) is 32.1 Å². The zero-order valence-corrected chi connectivity index (χ0v) is 11.4. The Bertz CT molecular complexity index is 523. The van der Waals surface area contributed by atoms with Crippen LogP contribution in [0.4, 0.5) is 5.69 Å². The topological polar surface area (TPSA) is 68.2 Å². The van der Waals surface area contributed by atoms with E-state index < -0.39 is 0 Å². The highest BCUT2D eigenvalue weighted by molar-refractivity contribution is 5.92. The number of hydrogen-bond donors (Lipinski definition) is 2. The number of methoxy groups -OCH3 is 1. The summed E-state index contributed by atoms with van der Waals surface area (Å²) < 4.78 is 6.65. The van der Waals surface area contributed by atoms with Crippen molar-refractivity contribution >= 4 is 11.6 Å². The van der Waals surface area contributed by atoms with Crippen LogP contribution >= 0.6 is 0 Å². The molecule has 2 rings (SSSR count). The predicted octanol–water partition coefficient (Wildman–Crippen LogP) is 1.05. The van der Waals surface area contributed by atoms with Crippen LogP contribution in [0.25, 0.3) is 5.69 Å². The average molecular weight is 274 g/mol. The summed E-state index contributed by atoms with van der Waals surface area (Å²) in [6, 6.07) is 9.37. The maximum absolute atomic E-state index is 11.7. The van der Waals surface area contributed by atoms with E-state index in [2.05, 4.69) is 15.7 Å². The summed E-state index contributed by atoms with van der Waals surface area (Å²) in [4.78, 5) is 11.7. The maximum atomic E-state index is 11.7. The first kappa shape index (κ1) is 14.2. The Labute approximate surface area is 117 Å². The van der Waals surface area contributed by atoms with Crippen molar-refractivity contribution in [3.8, 4) is 5.69 Å². The standard InChI is InChI=1S/C14H18N4O2/c1-20-10-8-15-11-14(19)17-12-3-5-13(6-4-12)18-9-2-7-16-18/h2-7,9,15H,8,10-11H2,1H3,(H,17,19). The molecule has 1 aromatic carbocycles. The van der Waals surface area contributed by atoms with Gasteiger partial charge in [0.15, 0.2) is 0 Å². The van der Waals surface area contributed by atoms with Crippen LogP contribution in [-0.2, 0) is 9.53 Å². The number of rotatable bonds is 7. The molecule has 0 saturated heterocycles. The van der Waals surface area contributed by atoms with Gasteiger partial charge in [-0.05, 0) is 30.3 Å². The van der Waals surface area contributed by atoms with E-state index >= 15 is 0 Å². The van der Waals surface area contributed by atoms with Gasteiger partial charge in [0.05, 0.1) is 18.8 Å². The van der Waals surface area contributed by atoms with E-state index in [0.717, 1.165) is 11.4 Å². The summed E-state index contributed by atoms with van der Waals surface area (Å²) in [6.45, 7) is 1.51. The molecule has 0 bridgehead atoms. The number of carbonyl (C=O) groups is 1. The first-order valence-corrected chi connectivity index (χ1v) is 6.39. The van der Waals surface area contributed by atoms with E-state index in [0.29, 0.717) is 13.2 Å². The molecule has 6 nitrogen and oxygen atoms in total. The summed E-state index contributed by atoms with van der Waals surface area (Å²) in [6.07, 6.45) is 3.59. The van der Waals surface area contributed by atoms with Gasteiger partial charge in [-0.15, -0.1) is 0 Å². The lowest BCUT2D eigenvalue weighted by molar-refractivity contribution is -0.115. The van der Waals surface area contributed by atoms with Crippen molar-refractivity contribution in [2.24, 2.45) is 0 Å². The van der Waals surface area contributed by atoms with E-state index in [-0.39, 0.29) is 12.5 Å². The zero-order valence-electron chi connectivity index (χ0n) is 11.4. The fourth-order valence-electron chi connectivity index (χ4n) is 1.70. The summed E-state index contributed by atoms with van der Waals surface area (Å²) in [7, 11) is 1.63. The van der Waals surface area contributed by atoms with Crippen molar-refractivity contribution < 1.29 is 9.53 Å². The molecule has 1 heterocycles. The number of anilines is 1. The van der Waals surface area contributed by atoms with Crippen molar-refractivity contribution in [3.05, 3.63) is 42.7 Å². The minimum Gasteiger partial charge on any atom is -0.383 e. The second-order valence-electron chi connectivity index (χ2n) is 4.22. The van der Waals surface area contributed by atoms with Crippen LogP contribution in [0.2, 0.25) is 0 Å². The number of nitrogens with zero attached hydrogens (tertiary/aromatic N) is 2. The SMILES string of the molecule is COCCNCC(=O)Nc1ccc(-n2cccn2)cc1. The molecule has 20 heavy (non-hydrogen) atoms. The molecule has 0 unspecified atom stereocenters. The molecular weight excluding hydrogens is 256 g/mol. The lowest BCUT2D eigenvalue weighted by atomic mass is 10.3. The third kappa shape index (κ3) is 4.18. The van der Waals surface area contributed by atoms with Crippen LogP contribution in [-0.4, -0.2) is 42.5 Å². The number of amides is 1. The van der Waals surface area contributed by atoms with Gasteiger partial charge in [-0.2, -0.15) is 5.10 Å². The Kier molecular flexibility index (Phi) is 5.28. The molecule has 6 heteroatoms. The highest BCUT2D eigenvalue weighted by atomic mass is 16.5. The number of hydrogen-bond acceptors (Lipinski definition) is 4. The molecule has 1 aromatic heterocycles. The quantitative estimate of drug-likeness (QED) is 0.740. The molecule has 2 N–H and O–H groups in total. The van der Waals surface area contributed by atoms with Gasteiger partial charge in [-0.25, -0.2) is 4.68 Å². The van der Waals surface area contributed by atoms with Crippen molar-refractivity contribution in [1.82, 2.24) is 15.1 Å². The molecule has 0 radical (unpaired) electrons. The minimum absolute atomic E-state index is 0.0760. The molecule has 0 aliphatic heterocycles. The van der Waals surface area contributed by atoms with Crippen LogP contribution in [0.5, 0.6) is 0 Å². The van der Waals surface area contributed by atoms with Gasteiger partial charge in [-0.1, -0.05) is 0 Å². The Morgan fingerprint density at radius 1 is 1.35 bits per heavy atom. The van der Waals surface area contributed by atoms with Gasteiger partial charge < -0.3 is 15.4 Å². The summed E-state index contributed by atoms with van der Waals surface area (Å²) in [5, 5.41) is 9.95. The molecular formula is C14H18N4O2. The van der Waals surface area contributed by atoms with E-state index in [4.69, 9.17) is 4.74 Å². The summed E-state index contributed by atoms with van der Waals surface area (Å²) in [5.74, 6) is -0.0760. The van der Waals surface area contributed by atoms with Crippen LogP contribution in [0.15, 0.2) is 42.7 Å². The molecule has 0 spiro atoms. The molecule has 0 atom stereocenters. The normalized spacial score (nSPS) is 10.4. The van der Waals surface area contributed by atoms with Gasteiger partial charge in [-0.3, -0.25) is 4.79 Å². The Balaban J connectivity index is 1.83. The molecule has 1 amide bonds. The van der Waals surface area contributed by atoms with Gasteiger partial charge in [0, 0.05) is 31.7 Å². The first-order valence-electron chi connectivity index (χ1n) is 6.39. The summed E-state index contributed by atoms with van der Waals surface area (Å²) >= 11 is 0. The average Bonchev–Trinajstić information content (AvgIpc) is 2.99. The Morgan fingerprint density at radius 2 is 2.15 bits per heavy atom. The second-order valence-corrected chi connectivity index (χ2v) is 4.22. The molecule has 106 valence electrons. The minimum atomic E-state index is -0.0760. The van der Waals surface area contributed by atoms with Crippen molar-refractivity contribution in [1.29, 1.82) is 0 Å². The fourth-order valence-corrected chi connectivity index (χ4v) is 1.70. The van der Waals surface area contributed by atoms with E-state index in [1.807, 2.05) is 36.5 Å². The van der Waals surface area contributed by atoms with E-state index in [1.54, 1.807) is 18.0 Å². The number of benzene rings is 1. The number of nitrogens with one attached hydrogen (secondary N) is 2. The van der Waals surface area contributed by atoms with Crippen molar-refractivity contribution in [3.63, 3.8) is 0 Å². The van der Waals surface area contributed by atoms with E-state index in [1.165, 1.54) is 0 Å². The Hall–Kier alpha value is -2.18. The van der Waals surface area contributed by atoms with Gasteiger partial charge in [0.25, 0.3) is 0 Å². The van der Waals surface area contributed by atoms with Crippen LogP contribution in [0.3, 0.4) is 0 Å².